The van der Waals surface area contributed by atoms with Crippen LogP contribution < -0.4 is 0 Å². The molecule has 96 valence electrons. The molecule has 1 amide bonds. The maximum atomic E-state index is 12.4. The van der Waals surface area contributed by atoms with Crippen molar-refractivity contribution in [3.05, 3.63) is 0 Å². The van der Waals surface area contributed by atoms with Crippen LogP contribution in [0, 0.1) is 0 Å². The maximum Gasteiger partial charge on any atom is 0.471 e. The number of hydrogen-bond acceptors (Lipinski definition) is 2. The average molecular weight is 251 g/mol. The number of halogens is 3. The number of aliphatic carboxylic acids is 1. The zero-order valence-electron chi connectivity index (χ0n) is 8.96. The lowest BCUT2D eigenvalue weighted by atomic mass is 9.85. The third-order valence-electron chi connectivity index (χ3n) is 3.70. The van der Waals surface area contributed by atoms with Gasteiger partial charge in [-0.2, -0.15) is 13.2 Å². The lowest BCUT2D eigenvalue weighted by molar-refractivity contribution is -0.190. The Morgan fingerprint density at radius 1 is 1.29 bits per heavy atom. The van der Waals surface area contributed by atoms with E-state index in [9.17, 15) is 22.8 Å². The highest BCUT2D eigenvalue weighted by Crippen LogP contribution is 2.49. The molecule has 0 saturated carbocycles. The summed E-state index contributed by atoms with van der Waals surface area (Å²) in [4.78, 5) is 22.8. The Morgan fingerprint density at radius 2 is 1.82 bits per heavy atom. The SMILES string of the molecule is O=C(O)CC12CCC(CC1)N2C(=O)C(F)(F)F. The zero-order valence-corrected chi connectivity index (χ0v) is 8.96. The molecule has 2 rings (SSSR count). The molecule has 2 saturated heterocycles. The van der Waals surface area contributed by atoms with E-state index in [1.54, 1.807) is 0 Å². The number of nitrogens with zero attached hydrogens (tertiary/aromatic N) is 1. The van der Waals surface area contributed by atoms with Gasteiger partial charge in [0.1, 0.15) is 0 Å². The number of carbonyl (C=O) groups excluding carboxylic acids is 1. The summed E-state index contributed by atoms with van der Waals surface area (Å²) in [6, 6.07) is -0.441. The topological polar surface area (TPSA) is 57.6 Å². The van der Waals surface area contributed by atoms with Gasteiger partial charge in [0.25, 0.3) is 0 Å². The van der Waals surface area contributed by atoms with Crippen molar-refractivity contribution in [2.45, 2.75) is 49.9 Å². The van der Waals surface area contributed by atoms with E-state index in [2.05, 4.69) is 0 Å². The predicted molar refractivity (Wildman–Crippen MR) is 50.1 cm³/mol. The Balaban J connectivity index is 2.27. The molecule has 0 aromatic rings. The quantitative estimate of drug-likeness (QED) is 0.810. The molecule has 2 aliphatic heterocycles. The van der Waals surface area contributed by atoms with Crippen LogP contribution >= 0.6 is 0 Å². The van der Waals surface area contributed by atoms with Crippen molar-refractivity contribution in [1.29, 1.82) is 0 Å². The first-order valence-electron chi connectivity index (χ1n) is 5.38. The molecule has 17 heavy (non-hydrogen) atoms. The van der Waals surface area contributed by atoms with Crippen molar-refractivity contribution in [2.24, 2.45) is 0 Å². The van der Waals surface area contributed by atoms with Gasteiger partial charge in [-0.1, -0.05) is 0 Å². The summed E-state index contributed by atoms with van der Waals surface area (Å²) < 4.78 is 37.3. The van der Waals surface area contributed by atoms with Gasteiger partial charge in [0, 0.05) is 6.04 Å². The molecule has 4 nitrogen and oxygen atoms in total. The number of carboxylic acids is 1. The third-order valence-corrected chi connectivity index (χ3v) is 3.70. The van der Waals surface area contributed by atoms with Gasteiger partial charge in [-0.25, -0.2) is 0 Å². The Labute approximate surface area is 95.4 Å². The van der Waals surface area contributed by atoms with Gasteiger partial charge in [-0.15, -0.1) is 0 Å². The van der Waals surface area contributed by atoms with Gasteiger partial charge in [-0.3, -0.25) is 9.59 Å². The fourth-order valence-corrected chi connectivity index (χ4v) is 3.09. The monoisotopic (exact) mass is 251 g/mol. The van der Waals surface area contributed by atoms with Gasteiger partial charge < -0.3 is 10.0 Å². The van der Waals surface area contributed by atoms with Crippen molar-refractivity contribution >= 4 is 11.9 Å². The molecular weight excluding hydrogens is 239 g/mol. The Kier molecular flexibility index (Phi) is 2.59. The van der Waals surface area contributed by atoms with Crippen molar-refractivity contribution < 1.29 is 27.9 Å². The molecule has 2 bridgehead atoms. The first-order valence-corrected chi connectivity index (χ1v) is 5.38. The van der Waals surface area contributed by atoms with E-state index in [1.807, 2.05) is 0 Å². The lowest BCUT2D eigenvalue weighted by Crippen LogP contribution is -2.51. The lowest BCUT2D eigenvalue weighted by Gasteiger charge is -2.34. The summed E-state index contributed by atoms with van der Waals surface area (Å²) in [5.74, 6) is -3.05. The third kappa shape index (κ3) is 1.87. The number of alkyl halides is 3. The number of amides is 1. The minimum absolute atomic E-state index is 0.353. The number of rotatable bonds is 2. The van der Waals surface area contributed by atoms with E-state index in [0.717, 1.165) is 4.90 Å². The predicted octanol–water partition coefficient (Wildman–Crippen LogP) is 1.55. The number of hydrogen-bond donors (Lipinski definition) is 1. The molecule has 2 heterocycles. The van der Waals surface area contributed by atoms with Crippen LogP contribution in [0.25, 0.3) is 0 Å². The van der Waals surface area contributed by atoms with Crippen molar-refractivity contribution in [1.82, 2.24) is 4.90 Å². The highest BCUT2D eigenvalue weighted by Gasteiger charge is 2.59. The van der Waals surface area contributed by atoms with Crippen LogP contribution in [-0.2, 0) is 9.59 Å². The second kappa shape index (κ2) is 3.61. The highest BCUT2D eigenvalue weighted by molar-refractivity contribution is 5.84. The van der Waals surface area contributed by atoms with Crippen molar-refractivity contribution in [3.8, 4) is 0 Å². The molecule has 0 aromatic heterocycles. The normalized spacial score (nSPS) is 31.9. The fraction of sp³-hybridized carbons (Fsp3) is 0.800. The first-order chi connectivity index (χ1) is 7.76. The Morgan fingerprint density at radius 3 is 2.24 bits per heavy atom. The van der Waals surface area contributed by atoms with Crippen molar-refractivity contribution in [3.63, 3.8) is 0 Å². The van der Waals surface area contributed by atoms with Crippen LogP contribution in [0.1, 0.15) is 32.1 Å². The summed E-state index contributed by atoms with van der Waals surface area (Å²) >= 11 is 0. The van der Waals surface area contributed by atoms with Crippen LogP contribution in [0.5, 0.6) is 0 Å². The highest BCUT2D eigenvalue weighted by atomic mass is 19.4. The summed E-state index contributed by atoms with van der Waals surface area (Å²) in [6.45, 7) is 0. The first kappa shape index (κ1) is 12.2. The van der Waals surface area contributed by atoms with Crippen LogP contribution in [0.4, 0.5) is 13.2 Å². The van der Waals surface area contributed by atoms with Gasteiger partial charge in [-0.05, 0) is 25.7 Å². The maximum absolute atomic E-state index is 12.4. The molecule has 0 aliphatic carbocycles. The van der Waals surface area contributed by atoms with Gasteiger partial charge in [0.2, 0.25) is 0 Å². The van der Waals surface area contributed by atoms with E-state index in [-0.39, 0.29) is 0 Å². The molecule has 0 spiro atoms. The number of fused-ring (bicyclic) bond motifs is 2. The van der Waals surface area contributed by atoms with Gasteiger partial charge in [0.05, 0.1) is 12.0 Å². The van der Waals surface area contributed by atoms with E-state index in [1.165, 1.54) is 0 Å². The average Bonchev–Trinajstić information content (AvgIpc) is 2.67. The number of carbonyl (C=O) groups is 2. The van der Waals surface area contributed by atoms with E-state index in [0.29, 0.717) is 25.7 Å². The fourth-order valence-electron chi connectivity index (χ4n) is 3.09. The molecule has 7 heteroatoms. The van der Waals surface area contributed by atoms with Crippen LogP contribution in [0.15, 0.2) is 0 Å². The van der Waals surface area contributed by atoms with Crippen molar-refractivity contribution in [2.75, 3.05) is 0 Å². The van der Waals surface area contributed by atoms with E-state index in [4.69, 9.17) is 5.11 Å². The zero-order chi connectivity index (χ0) is 12.8. The molecule has 1 N–H and O–H groups in total. The molecule has 0 aromatic carbocycles. The van der Waals surface area contributed by atoms with E-state index >= 15 is 0 Å². The molecule has 0 atom stereocenters. The molecule has 0 unspecified atom stereocenters. The standard InChI is InChI=1S/C10H12F3NO3/c11-10(12,13)8(17)14-6-1-3-9(14,4-2-6)5-7(15)16/h6H,1-5H2,(H,15,16). The van der Waals surface area contributed by atoms with Crippen LogP contribution in [0.3, 0.4) is 0 Å². The number of carboxylic acid groups (broad SMARTS) is 1. The summed E-state index contributed by atoms with van der Waals surface area (Å²) in [5, 5.41) is 8.77. The Hall–Kier alpha value is -1.27. The minimum Gasteiger partial charge on any atom is -0.481 e. The summed E-state index contributed by atoms with van der Waals surface area (Å²) in [6.07, 6.45) is -3.68. The van der Waals surface area contributed by atoms with Gasteiger partial charge in [0.15, 0.2) is 0 Å². The summed E-state index contributed by atoms with van der Waals surface area (Å²) in [7, 11) is 0. The molecule has 2 aliphatic rings. The Bertz CT molecular complexity index is 358. The second-order valence-corrected chi connectivity index (χ2v) is 4.70. The molecule has 0 radical (unpaired) electrons. The molecular formula is C10H12F3NO3. The molecule has 2 fully saturated rings. The van der Waals surface area contributed by atoms with Gasteiger partial charge >= 0.3 is 18.1 Å². The second-order valence-electron chi connectivity index (χ2n) is 4.70. The van der Waals surface area contributed by atoms with Crippen LogP contribution in [0.2, 0.25) is 0 Å². The largest absolute Gasteiger partial charge is 0.481 e. The summed E-state index contributed by atoms with van der Waals surface area (Å²) in [5.41, 5.74) is -1.11. The van der Waals surface area contributed by atoms with Crippen LogP contribution in [-0.4, -0.2) is 39.6 Å². The van der Waals surface area contributed by atoms with E-state index < -0.39 is 36.1 Å². The smallest absolute Gasteiger partial charge is 0.471 e. The minimum atomic E-state index is -4.92.